The van der Waals surface area contributed by atoms with Crippen LogP contribution in [-0.4, -0.2) is 45.7 Å². The van der Waals surface area contributed by atoms with Crippen LogP contribution in [0.25, 0.3) is 11.4 Å². The first-order chi connectivity index (χ1) is 14.7. The van der Waals surface area contributed by atoms with Gasteiger partial charge in [0.1, 0.15) is 17.9 Å². The zero-order chi connectivity index (χ0) is 23.0. The van der Waals surface area contributed by atoms with Gasteiger partial charge in [0.15, 0.2) is 0 Å². The second-order valence-corrected chi connectivity index (χ2v) is 10.4. The highest BCUT2D eigenvalue weighted by atomic mass is 127. The van der Waals surface area contributed by atoms with E-state index >= 15 is 0 Å². The molecule has 0 aliphatic heterocycles. The number of ether oxygens (including phenoxy) is 1. The van der Waals surface area contributed by atoms with Gasteiger partial charge in [-0.25, -0.2) is 4.98 Å². The molecule has 7 nitrogen and oxygen atoms in total. The smallest absolute Gasteiger partial charge is 0.323 e. The van der Waals surface area contributed by atoms with Crippen LogP contribution in [0.1, 0.15) is 45.7 Å². The van der Waals surface area contributed by atoms with E-state index in [4.69, 9.17) is 4.74 Å². The summed E-state index contributed by atoms with van der Waals surface area (Å²) >= 11 is 4.51. The van der Waals surface area contributed by atoms with Crippen LogP contribution in [0, 0.1) is 13.1 Å². The van der Waals surface area contributed by atoms with Crippen LogP contribution >= 0.6 is 45.2 Å². The lowest BCUT2D eigenvalue weighted by molar-refractivity contribution is -0.148. The number of benzene rings is 1. The number of hydrogen-bond acceptors (Lipinski definition) is 5. The van der Waals surface area contributed by atoms with Crippen molar-refractivity contribution in [3.63, 3.8) is 0 Å². The van der Waals surface area contributed by atoms with Crippen molar-refractivity contribution in [3.05, 3.63) is 37.2 Å². The average Bonchev–Trinajstić information content (AvgIpc) is 3.14. The second-order valence-electron chi connectivity index (χ2n) is 7.88. The maximum atomic E-state index is 12.5. The van der Waals surface area contributed by atoms with Gasteiger partial charge in [-0.1, -0.05) is 27.2 Å². The highest BCUT2D eigenvalue weighted by molar-refractivity contribution is 14.1. The van der Waals surface area contributed by atoms with E-state index in [9.17, 15) is 14.7 Å². The Balaban J connectivity index is 2.13. The Morgan fingerprint density at radius 3 is 2.45 bits per heavy atom. The van der Waals surface area contributed by atoms with Gasteiger partial charge in [-0.05, 0) is 82.1 Å². The van der Waals surface area contributed by atoms with Crippen LogP contribution in [0.15, 0.2) is 24.4 Å². The van der Waals surface area contributed by atoms with Crippen molar-refractivity contribution in [3.8, 4) is 11.4 Å². The Hall–Kier alpha value is -1.21. The number of H-pyrrole nitrogens is 1. The van der Waals surface area contributed by atoms with Gasteiger partial charge in [-0.15, -0.1) is 0 Å². The number of carboxylic acids is 1. The number of aromatic amines is 1. The van der Waals surface area contributed by atoms with Gasteiger partial charge in [0.05, 0.1) is 6.61 Å². The zero-order valence-electron chi connectivity index (χ0n) is 18.0. The monoisotopic (exact) mass is 653 g/mol. The molecule has 0 saturated carbocycles. The third kappa shape index (κ3) is 8.68. The van der Waals surface area contributed by atoms with E-state index in [1.165, 1.54) is 0 Å². The summed E-state index contributed by atoms with van der Waals surface area (Å²) in [6, 6.07) is 4.49. The number of aromatic nitrogens is 2. The molecular weight excluding hydrogens is 624 g/mol. The van der Waals surface area contributed by atoms with Crippen molar-refractivity contribution >= 4 is 57.1 Å². The minimum Gasteiger partial charge on any atom is -0.480 e. The fourth-order valence-corrected chi connectivity index (χ4v) is 5.04. The summed E-state index contributed by atoms with van der Waals surface area (Å²) in [6.07, 6.45) is 4.05. The van der Waals surface area contributed by atoms with Crippen molar-refractivity contribution in [2.75, 3.05) is 6.61 Å². The molecule has 9 heteroatoms. The SMILES string of the molecule is CCCCOC(=O)C(CC(C)C)NC(Cc1cnc(-c2cc(I)cc(I)c2)[nH]1)C(=O)O. The van der Waals surface area contributed by atoms with Crippen molar-refractivity contribution in [2.45, 2.75) is 58.5 Å². The number of carbonyl (C=O) groups excluding carboxylic acids is 1. The fraction of sp³-hybridized carbons (Fsp3) is 0.500. The molecule has 3 N–H and O–H groups in total. The van der Waals surface area contributed by atoms with Crippen LogP contribution in [0.5, 0.6) is 0 Å². The van der Waals surface area contributed by atoms with E-state index in [2.05, 4.69) is 66.5 Å². The number of aliphatic carboxylic acids is 1. The molecule has 170 valence electrons. The average molecular weight is 653 g/mol. The Morgan fingerprint density at radius 2 is 1.87 bits per heavy atom. The maximum absolute atomic E-state index is 12.5. The Morgan fingerprint density at radius 1 is 1.19 bits per heavy atom. The molecule has 0 aliphatic carbocycles. The largest absolute Gasteiger partial charge is 0.480 e. The molecule has 0 amide bonds. The number of esters is 1. The first-order valence-electron chi connectivity index (χ1n) is 10.3. The lowest BCUT2D eigenvalue weighted by atomic mass is 10.0. The van der Waals surface area contributed by atoms with Gasteiger partial charge in [0.2, 0.25) is 0 Å². The first-order valence-corrected chi connectivity index (χ1v) is 12.5. The predicted octanol–water partition coefficient (Wildman–Crippen LogP) is 4.63. The molecule has 0 saturated heterocycles. The van der Waals surface area contributed by atoms with E-state index in [0.29, 0.717) is 24.5 Å². The minimum atomic E-state index is -1.02. The highest BCUT2D eigenvalue weighted by Gasteiger charge is 2.28. The van der Waals surface area contributed by atoms with Crippen LogP contribution in [0.2, 0.25) is 0 Å². The van der Waals surface area contributed by atoms with Crippen molar-refractivity contribution < 1.29 is 19.4 Å². The highest BCUT2D eigenvalue weighted by Crippen LogP contribution is 2.22. The van der Waals surface area contributed by atoms with Gasteiger partial charge >= 0.3 is 11.9 Å². The van der Waals surface area contributed by atoms with Gasteiger partial charge in [-0.2, -0.15) is 0 Å². The quantitative estimate of drug-likeness (QED) is 0.176. The number of unbranched alkanes of at least 4 members (excludes halogenated alkanes) is 1. The van der Waals surface area contributed by atoms with E-state index in [-0.39, 0.29) is 12.3 Å². The summed E-state index contributed by atoms with van der Waals surface area (Å²) in [7, 11) is 0. The number of rotatable bonds is 12. The predicted molar refractivity (Wildman–Crippen MR) is 137 cm³/mol. The summed E-state index contributed by atoms with van der Waals surface area (Å²) in [5, 5.41) is 12.8. The number of imidazole rings is 1. The van der Waals surface area contributed by atoms with Crippen molar-refractivity contribution in [1.82, 2.24) is 15.3 Å². The molecule has 2 unspecified atom stereocenters. The van der Waals surface area contributed by atoms with E-state index < -0.39 is 24.0 Å². The summed E-state index contributed by atoms with van der Waals surface area (Å²) in [5.41, 5.74) is 1.63. The van der Waals surface area contributed by atoms with E-state index in [1.54, 1.807) is 6.20 Å². The molecular formula is C22H29I2N3O4. The molecule has 0 fully saturated rings. The Bertz CT molecular complexity index is 865. The summed E-state index contributed by atoms with van der Waals surface area (Å²) in [6.45, 7) is 6.36. The second kappa shape index (κ2) is 12.7. The van der Waals surface area contributed by atoms with Crippen molar-refractivity contribution in [2.24, 2.45) is 5.92 Å². The lowest BCUT2D eigenvalue weighted by Gasteiger charge is -2.23. The third-order valence-electron chi connectivity index (χ3n) is 4.62. The summed E-state index contributed by atoms with van der Waals surface area (Å²) in [5.74, 6) is -0.511. The standard InChI is InChI=1S/C22H29I2N3O4/c1-4-5-6-31-22(30)19(7-13(2)3)27-18(21(28)29)11-17-12-25-20(26-17)14-8-15(23)10-16(24)9-14/h8-10,12-13,18-19,27H,4-7,11H2,1-3H3,(H,25,26)(H,28,29). The molecule has 2 aromatic rings. The maximum Gasteiger partial charge on any atom is 0.323 e. The van der Waals surface area contributed by atoms with Crippen LogP contribution < -0.4 is 5.32 Å². The normalized spacial score (nSPS) is 13.2. The lowest BCUT2D eigenvalue weighted by Crippen LogP contribution is -2.49. The Kier molecular flexibility index (Phi) is 10.7. The topological polar surface area (TPSA) is 104 Å². The molecule has 2 atom stereocenters. The van der Waals surface area contributed by atoms with E-state index in [0.717, 1.165) is 25.5 Å². The minimum absolute atomic E-state index is 0.181. The molecule has 0 bridgehead atoms. The fourth-order valence-electron chi connectivity index (χ4n) is 3.10. The number of nitrogens with zero attached hydrogens (tertiary/aromatic N) is 1. The third-order valence-corrected chi connectivity index (χ3v) is 5.87. The Labute approximate surface area is 210 Å². The molecule has 0 radical (unpaired) electrons. The molecule has 31 heavy (non-hydrogen) atoms. The van der Waals surface area contributed by atoms with Gasteiger partial charge in [0, 0.05) is 31.0 Å². The molecule has 1 aromatic carbocycles. The molecule has 1 aromatic heterocycles. The number of nitrogens with one attached hydrogen (secondary N) is 2. The first kappa shape index (κ1) is 26.0. The number of hydrogen-bond donors (Lipinski definition) is 3. The van der Waals surface area contributed by atoms with Gasteiger partial charge in [-0.3, -0.25) is 14.9 Å². The number of carboxylic acid groups (broad SMARTS) is 1. The van der Waals surface area contributed by atoms with Gasteiger partial charge in [0.25, 0.3) is 0 Å². The van der Waals surface area contributed by atoms with Crippen LogP contribution in [0.4, 0.5) is 0 Å². The zero-order valence-corrected chi connectivity index (χ0v) is 22.3. The molecule has 1 heterocycles. The molecule has 2 rings (SSSR count). The van der Waals surface area contributed by atoms with Gasteiger partial charge < -0.3 is 14.8 Å². The van der Waals surface area contributed by atoms with E-state index in [1.807, 2.05) is 32.9 Å². The van der Waals surface area contributed by atoms with Crippen LogP contribution in [-0.2, 0) is 20.7 Å². The van der Waals surface area contributed by atoms with Crippen molar-refractivity contribution in [1.29, 1.82) is 0 Å². The number of halogens is 2. The molecule has 0 aliphatic rings. The summed E-state index contributed by atoms with van der Waals surface area (Å²) in [4.78, 5) is 32.1. The summed E-state index contributed by atoms with van der Waals surface area (Å²) < 4.78 is 7.54. The van der Waals surface area contributed by atoms with Crippen LogP contribution in [0.3, 0.4) is 0 Å². The number of carbonyl (C=O) groups is 2. The molecule has 0 spiro atoms.